The van der Waals surface area contributed by atoms with Crippen LogP contribution in [0.1, 0.15) is 47.0 Å². The van der Waals surface area contributed by atoms with Gasteiger partial charge >= 0.3 is 0 Å². The van der Waals surface area contributed by atoms with E-state index in [4.69, 9.17) is 11.6 Å². The molecular weight excluding hydrogens is 168 g/mol. The largest absolute Gasteiger partial charge is 0.126 e. The van der Waals surface area contributed by atoms with Crippen LogP contribution in [0.4, 0.5) is 0 Å². The van der Waals surface area contributed by atoms with E-state index in [1.807, 2.05) is 0 Å². The summed E-state index contributed by atoms with van der Waals surface area (Å²) in [6, 6.07) is 0. The Morgan fingerprint density at radius 1 is 1.08 bits per heavy atom. The number of rotatable bonds is 6. The SMILES string of the molecule is CCC(C)CC(CCl)C(C)CC. The van der Waals surface area contributed by atoms with Gasteiger partial charge in [0.25, 0.3) is 0 Å². The van der Waals surface area contributed by atoms with E-state index < -0.39 is 0 Å². The van der Waals surface area contributed by atoms with Crippen LogP contribution in [0.2, 0.25) is 0 Å². The van der Waals surface area contributed by atoms with Crippen LogP contribution in [0.15, 0.2) is 0 Å². The molecule has 0 saturated heterocycles. The molecule has 0 aromatic carbocycles. The molecule has 3 unspecified atom stereocenters. The van der Waals surface area contributed by atoms with Gasteiger partial charge in [-0.3, -0.25) is 0 Å². The summed E-state index contributed by atoms with van der Waals surface area (Å²) < 4.78 is 0. The van der Waals surface area contributed by atoms with Crippen molar-refractivity contribution in [2.24, 2.45) is 17.8 Å². The third kappa shape index (κ3) is 4.35. The fraction of sp³-hybridized carbons (Fsp3) is 1.00. The van der Waals surface area contributed by atoms with Crippen LogP contribution in [-0.4, -0.2) is 5.88 Å². The van der Waals surface area contributed by atoms with Crippen molar-refractivity contribution >= 4 is 11.6 Å². The number of hydrogen-bond acceptors (Lipinski definition) is 0. The predicted molar refractivity (Wildman–Crippen MR) is 57.7 cm³/mol. The summed E-state index contributed by atoms with van der Waals surface area (Å²) in [4.78, 5) is 0. The molecule has 0 aliphatic heterocycles. The maximum absolute atomic E-state index is 5.94. The number of halogens is 1. The minimum Gasteiger partial charge on any atom is -0.126 e. The third-order valence-electron chi connectivity index (χ3n) is 3.05. The van der Waals surface area contributed by atoms with Crippen molar-refractivity contribution in [1.29, 1.82) is 0 Å². The van der Waals surface area contributed by atoms with E-state index in [2.05, 4.69) is 27.7 Å². The average Bonchev–Trinajstić information content (AvgIpc) is 2.12. The monoisotopic (exact) mass is 190 g/mol. The van der Waals surface area contributed by atoms with Crippen molar-refractivity contribution in [1.82, 2.24) is 0 Å². The van der Waals surface area contributed by atoms with Crippen LogP contribution in [-0.2, 0) is 0 Å². The van der Waals surface area contributed by atoms with E-state index in [1.165, 1.54) is 19.3 Å². The Kier molecular flexibility index (Phi) is 6.93. The summed E-state index contributed by atoms with van der Waals surface area (Å²) in [5.74, 6) is 3.19. The topological polar surface area (TPSA) is 0 Å². The Morgan fingerprint density at radius 3 is 2.00 bits per heavy atom. The van der Waals surface area contributed by atoms with Crippen molar-refractivity contribution in [3.05, 3.63) is 0 Å². The molecule has 0 rings (SSSR count). The smallest absolute Gasteiger partial charge is 0.0254 e. The van der Waals surface area contributed by atoms with Gasteiger partial charge in [0.2, 0.25) is 0 Å². The molecule has 0 amide bonds. The molecule has 0 saturated carbocycles. The van der Waals surface area contributed by atoms with E-state index >= 15 is 0 Å². The zero-order valence-corrected chi connectivity index (χ0v) is 9.69. The Balaban J connectivity index is 3.81. The maximum Gasteiger partial charge on any atom is 0.0254 e. The second-order valence-electron chi connectivity index (χ2n) is 4.05. The molecule has 0 N–H and O–H groups in total. The summed E-state index contributed by atoms with van der Waals surface area (Å²) in [5.41, 5.74) is 0. The summed E-state index contributed by atoms with van der Waals surface area (Å²) in [7, 11) is 0. The van der Waals surface area contributed by atoms with Gasteiger partial charge in [0.15, 0.2) is 0 Å². The minimum absolute atomic E-state index is 0.728. The lowest BCUT2D eigenvalue weighted by atomic mass is 9.85. The first kappa shape index (κ1) is 12.3. The third-order valence-corrected chi connectivity index (χ3v) is 3.45. The highest BCUT2D eigenvalue weighted by Crippen LogP contribution is 2.25. The quantitative estimate of drug-likeness (QED) is 0.548. The van der Waals surface area contributed by atoms with Crippen LogP contribution in [0, 0.1) is 17.8 Å². The van der Waals surface area contributed by atoms with Crippen LogP contribution in [0.25, 0.3) is 0 Å². The van der Waals surface area contributed by atoms with Gasteiger partial charge in [0, 0.05) is 5.88 Å². The van der Waals surface area contributed by atoms with E-state index in [9.17, 15) is 0 Å². The standard InChI is InChI=1S/C11H23Cl/c1-5-9(3)7-11(8-12)10(4)6-2/h9-11H,5-8H2,1-4H3. The average molecular weight is 191 g/mol. The van der Waals surface area contributed by atoms with Crippen LogP contribution in [0.5, 0.6) is 0 Å². The van der Waals surface area contributed by atoms with Crippen molar-refractivity contribution in [3.63, 3.8) is 0 Å². The highest BCUT2D eigenvalue weighted by molar-refractivity contribution is 6.18. The molecule has 0 spiro atoms. The van der Waals surface area contributed by atoms with E-state index in [0.29, 0.717) is 0 Å². The van der Waals surface area contributed by atoms with Crippen molar-refractivity contribution in [2.75, 3.05) is 5.88 Å². The molecule has 74 valence electrons. The number of hydrogen-bond donors (Lipinski definition) is 0. The van der Waals surface area contributed by atoms with Gasteiger partial charge in [-0.25, -0.2) is 0 Å². The lowest BCUT2D eigenvalue weighted by Crippen LogP contribution is -2.15. The second kappa shape index (κ2) is 6.77. The first-order chi connectivity index (χ1) is 5.65. The zero-order chi connectivity index (χ0) is 9.56. The second-order valence-corrected chi connectivity index (χ2v) is 4.36. The van der Waals surface area contributed by atoms with Crippen LogP contribution in [0.3, 0.4) is 0 Å². The predicted octanol–water partition coefficient (Wildman–Crippen LogP) is 4.32. The van der Waals surface area contributed by atoms with Gasteiger partial charge in [-0.1, -0.05) is 40.5 Å². The van der Waals surface area contributed by atoms with Gasteiger partial charge in [-0.15, -0.1) is 11.6 Å². The molecule has 12 heavy (non-hydrogen) atoms. The lowest BCUT2D eigenvalue weighted by Gasteiger charge is -2.23. The summed E-state index contributed by atoms with van der Waals surface area (Å²) >= 11 is 5.94. The Morgan fingerprint density at radius 2 is 1.67 bits per heavy atom. The maximum atomic E-state index is 5.94. The van der Waals surface area contributed by atoms with E-state index in [0.717, 1.165) is 23.6 Å². The van der Waals surface area contributed by atoms with Gasteiger partial charge in [-0.2, -0.15) is 0 Å². The van der Waals surface area contributed by atoms with Crippen LogP contribution < -0.4 is 0 Å². The molecule has 0 aromatic rings. The fourth-order valence-electron chi connectivity index (χ4n) is 1.46. The molecule has 0 radical (unpaired) electrons. The summed E-state index contributed by atoms with van der Waals surface area (Å²) in [6.07, 6.45) is 3.84. The molecule has 0 heterocycles. The van der Waals surface area contributed by atoms with E-state index in [-0.39, 0.29) is 0 Å². The van der Waals surface area contributed by atoms with Crippen molar-refractivity contribution < 1.29 is 0 Å². The Labute approximate surface area is 82.7 Å². The van der Waals surface area contributed by atoms with E-state index in [1.54, 1.807) is 0 Å². The van der Waals surface area contributed by atoms with Gasteiger partial charge in [0.05, 0.1) is 0 Å². The molecular formula is C11H23Cl. The van der Waals surface area contributed by atoms with Gasteiger partial charge in [-0.05, 0) is 24.2 Å². The molecule has 0 aliphatic rings. The first-order valence-electron chi connectivity index (χ1n) is 5.21. The molecule has 0 aliphatic carbocycles. The Bertz CT molecular complexity index is 101. The first-order valence-corrected chi connectivity index (χ1v) is 5.75. The molecule has 1 heteroatoms. The number of alkyl halides is 1. The Hall–Kier alpha value is 0.290. The van der Waals surface area contributed by atoms with Crippen molar-refractivity contribution in [3.8, 4) is 0 Å². The molecule has 0 nitrogen and oxygen atoms in total. The molecule has 0 aromatic heterocycles. The molecule has 0 fully saturated rings. The lowest BCUT2D eigenvalue weighted by molar-refractivity contribution is 0.306. The highest BCUT2D eigenvalue weighted by atomic mass is 35.5. The minimum atomic E-state index is 0.728. The summed E-state index contributed by atoms with van der Waals surface area (Å²) in [5, 5.41) is 0. The van der Waals surface area contributed by atoms with Gasteiger partial charge < -0.3 is 0 Å². The fourth-order valence-corrected chi connectivity index (χ4v) is 1.89. The molecule has 3 atom stereocenters. The van der Waals surface area contributed by atoms with Crippen LogP contribution >= 0.6 is 11.6 Å². The van der Waals surface area contributed by atoms with Gasteiger partial charge in [0.1, 0.15) is 0 Å². The normalized spacial score (nSPS) is 18.8. The van der Waals surface area contributed by atoms with Crippen molar-refractivity contribution in [2.45, 2.75) is 47.0 Å². The summed E-state index contributed by atoms with van der Waals surface area (Å²) in [6.45, 7) is 9.14. The molecule has 0 bridgehead atoms. The highest BCUT2D eigenvalue weighted by Gasteiger charge is 2.16. The zero-order valence-electron chi connectivity index (χ0n) is 8.94.